The van der Waals surface area contributed by atoms with Gasteiger partial charge in [-0.2, -0.15) is 0 Å². The Kier molecular flexibility index (Phi) is 8.50. The van der Waals surface area contributed by atoms with E-state index in [9.17, 15) is 19.2 Å². The summed E-state index contributed by atoms with van der Waals surface area (Å²) in [7, 11) is 0. The van der Waals surface area contributed by atoms with Crippen LogP contribution < -0.4 is 0 Å². The van der Waals surface area contributed by atoms with Gasteiger partial charge in [-0.1, -0.05) is 23.5 Å². The van der Waals surface area contributed by atoms with Gasteiger partial charge in [0.1, 0.15) is 0 Å². The Hall–Kier alpha value is -2.28. The van der Waals surface area contributed by atoms with Crippen molar-refractivity contribution < 1.29 is 47.6 Å². The number of carbonyl (C=O) groups excluding carboxylic acids is 4. The van der Waals surface area contributed by atoms with E-state index in [1.54, 1.807) is 39.8 Å². The molecule has 12 heteroatoms. The minimum Gasteiger partial charge on any atom is -0.463 e. The van der Waals surface area contributed by atoms with E-state index in [-0.39, 0.29) is 39.6 Å². The maximum absolute atomic E-state index is 12.7. The molecule has 0 aliphatic carbocycles. The zero-order chi connectivity index (χ0) is 24.9. The minimum atomic E-state index is -1.99. The van der Waals surface area contributed by atoms with E-state index >= 15 is 0 Å². The van der Waals surface area contributed by atoms with Crippen LogP contribution in [0.2, 0.25) is 0 Å². The summed E-state index contributed by atoms with van der Waals surface area (Å²) in [5.74, 6) is -3.40. The van der Waals surface area contributed by atoms with Crippen molar-refractivity contribution in [1.82, 2.24) is 0 Å². The first kappa shape index (κ1) is 26.3. The lowest BCUT2D eigenvalue weighted by molar-refractivity contribution is -0.181. The number of esters is 4. The van der Waals surface area contributed by atoms with Crippen LogP contribution in [-0.4, -0.2) is 60.2 Å². The molecule has 0 bridgehead atoms. The Balaban J connectivity index is 1.97. The molecule has 0 saturated carbocycles. The van der Waals surface area contributed by atoms with Crippen molar-refractivity contribution in [2.75, 3.05) is 26.4 Å². The Morgan fingerprint density at radius 1 is 0.676 bits per heavy atom. The minimum absolute atomic E-state index is 0.0647. The number of carbonyl (C=O) groups is 4. The van der Waals surface area contributed by atoms with E-state index in [4.69, 9.17) is 28.4 Å². The van der Waals surface area contributed by atoms with E-state index in [1.165, 1.54) is 0 Å². The quantitative estimate of drug-likeness (QED) is 0.288. The third-order valence-electron chi connectivity index (χ3n) is 4.79. The van der Waals surface area contributed by atoms with Gasteiger partial charge in [0.15, 0.2) is 0 Å². The summed E-state index contributed by atoms with van der Waals surface area (Å²) in [5.41, 5.74) is 1.31. The topological polar surface area (TPSA) is 124 Å². The molecule has 0 fully saturated rings. The van der Waals surface area contributed by atoms with Crippen LogP contribution in [0.5, 0.6) is 0 Å². The van der Waals surface area contributed by atoms with Crippen LogP contribution in [0.1, 0.15) is 38.8 Å². The fourth-order valence-corrected chi connectivity index (χ4v) is 5.58. The van der Waals surface area contributed by atoms with Crippen LogP contribution in [0, 0.1) is 0 Å². The molecule has 2 aliphatic rings. The molecule has 186 valence electrons. The highest BCUT2D eigenvalue weighted by Crippen LogP contribution is 2.49. The largest absolute Gasteiger partial charge is 0.463 e. The molecule has 0 atom stereocenters. The number of fused-ring (bicyclic) bond motifs is 2. The SMILES string of the molecule is CCOC(=O)C1(C(=O)OCC)OCc2cc3c(cc2S1)COC(C(=O)OCC)(C(=O)OCC)S3. The zero-order valence-corrected chi connectivity index (χ0v) is 20.9. The Morgan fingerprint density at radius 2 is 0.971 bits per heavy atom. The average Bonchev–Trinajstić information content (AvgIpc) is 2.82. The molecule has 0 radical (unpaired) electrons. The van der Waals surface area contributed by atoms with E-state index in [1.807, 2.05) is 0 Å². The first-order valence-electron chi connectivity index (χ1n) is 10.8. The molecule has 0 aromatic heterocycles. The molecule has 0 spiro atoms. The summed E-state index contributed by atoms with van der Waals surface area (Å²) in [5, 5.41) is 0. The fourth-order valence-electron chi connectivity index (χ4n) is 3.26. The number of rotatable bonds is 8. The molecule has 1 aromatic rings. The molecule has 2 heterocycles. The second-order valence-electron chi connectivity index (χ2n) is 6.96. The molecule has 3 rings (SSSR count). The van der Waals surface area contributed by atoms with Crippen molar-refractivity contribution in [2.24, 2.45) is 0 Å². The normalized spacial score (nSPS) is 17.5. The zero-order valence-electron chi connectivity index (χ0n) is 19.3. The van der Waals surface area contributed by atoms with Gasteiger partial charge < -0.3 is 28.4 Å². The lowest BCUT2D eigenvalue weighted by atomic mass is 10.1. The number of ether oxygens (including phenoxy) is 6. The van der Waals surface area contributed by atoms with Gasteiger partial charge in [0, 0.05) is 9.79 Å². The Morgan fingerprint density at radius 3 is 1.24 bits per heavy atom. The molecule has 2 aliphatic heterocycles. The molecular weight excluding hydrogens is 488 g/mol. The van der Waals surface area contributed by atoms with Crippen LogP contribution in [-0.2, 0) is 60.8 Å². The van der Waals surface area contributed by atoms with Gasteiger partial charge in [0.2, 0.25) is 0 Å². The first-order chi connectivity index (χ1) is 16.3. The van der Waals surface area contributed by atoms with Gasteiger partial charge in [-0.05, 0) is 51.0 Å². The summed E-state index contributed by atoms with van der Waals surface area (Å²) in [4.78, 5) is 48.0. The van der Waals surface area contributed by atoms with Crippen LogP contribution in [0.4, 0.5) is 0 Å². The third-order valence-corrected chi connectivity index (χ3v) is 7.47. The van der Waals surface area contributed by atoms with E-state index in [0.717, 1.165) is 23.5 Å². The summed E-state index contributed by atoms with van der Waals surface area (Å²) in [6.45, 7) is 6.58. The van der Waals surface area contributed by atoms with Crippen LogP contribution in [0.25, 0.3) is 0 Å². The van der Waals surface area contributed by atoms with Crippen LogP contribution in [0.3, 0.4) is 0 Å². The van der Waals surface area contributed by atoms with Gasteiger partial charge in [-0.3, -0.25) is 0 Å². The van der Waals surface area contributed by atoms with Crippen molar-refractivity contribution in [2.45, 2.75) is 60.6 Å². The second kappa shape index (κ2) is 11.0. The highest BCUT2D eigenvalue weighted by Gasteiger charge is 2.56. The first-order valence-corrected chi connectivity index (χ1v) is 12.4. The van der Waals surface area contributed by atoms with Crippen molar-refractivity contribution in [3.05, 3.63) is 23.3 Å². The molecule has 0 N–H and O–H groups in total. The molecule has 1 aromatic carbocycles. The van der Waals surface area contributed by atoms with Crippen LogP contribution in [0.15, 0.2) is 21.9 Å². The predicted molar refractivity (Wildman–Crippen MR) is 120 cm³/mol. The van der Waals surface area contributed by atoms with Gasteiger partial charge in [0.25, 0.3) is 0 Å². The molecule has 0 amide bonds. The number of hydrogen-bond acceptors (Lipinski definition) is 12. The van der Waals surface area contributed by atoms with E-state index in [0.29, 0.717) is 20.9 Å². The highest BCUT2D eigenvalue weighted by molar-refractivity contribution is 8.02. The summed E-state index contributed by atoms with van der Waals surface area (Å²) in [6, 6.07) is 3.47. The van der Waals surface area contributed by atoms with Crippen molar-refractivity contribution in [3.8, 4) is 0 Å². The van der Waals surface area contributed by atoms with Gasteiger partial charge in [-0.25, -0.2) is 19.2 Å². The molecule has 0 unspecified atom stereocenters. The van der Waals surface area contributed by atoms with Crippen LogP contribution >= 0.6 is 23.5 Å². The smallest absolute Gasteiger partial charge is 0.361 e. The van der Waals surface area contributed by atoms with Crippen molar-refractivity contribution >= 4 is 47.4 Å². The standard InChI is InChI=1S/C22H26O10S2/c1-5-27-17(23)21(18(24)28-6-2)31-11-13-10-16-14(9-15(13)33-21)12-32-22(34-16,19(25)29-7-3)20(26)30-8-4/h9-10H,5-8,11-12H2,1-4H3. The number of benzene rings is 1. The lowest BCUT2D eigenvalue weighted by Gasteiger charge is -2.36. The summed E-state index contributed by atoms with van der Waals surface area (Å²) < 4.78 is 31.8. The molecule has 34 heavy (non-hydrogen) atoms. The maximum atomic E-state index is 12.7. The van der Waals surface area contributed by atoms with Gasteiger partial charge >= 0.3 is 33.7 Å². The van der Waals surface area contributed by atoms with E-state index in [2.05, 4.69) is 0 Å². The lowest BCUT2D eigenvalue weighted by Crippen LogP contribution is -2.50. The number of thioether (sulfide) groups is 2. The van der Waals surface area contributed by atoms with Crippen molar-refractivity contribution in [3.63, 3.8) is 0 Å². The molecular formula is C22H26O10S2. The summed E-state index contributed by atoms with van der Waals surface area (Å²) in [6.07, 6.45) is 0. The van der Waals surface area contributed by atoms with Gasteiger partial charge in [0.05, 0.1) is 39.6 Å². The average molecular weight is 515 g/mol. The molecule has 10 nitrogen and oxygen atoms in total. The Labute approximate surface area is 205 Å². The number of hydrogen-bond donors (Lipinski definition) is 0. The second-order valence-corrected chi connectivity index (χ2v) is 9.40. The highest BCUT2D eigenvalue weighted by atomic mass is 32.2. The van der Waals surface area contributed by atoms with E-state index < -0.39 is 33.7 Å². The monoisotopic (exact) mass is 514 g/mol. The Bertz CT molecular complexity index is 863. The maximum Gasteiger partial charge on any atom is 0.361 e. The molecule has 0 saturated heterocycles. The fraction of sp³-hybridized carbons (Fsp3) is 0.545. The summed E-state index contributed by atoms with van der Waals surface area (Å²) >= 11 is 1.77. The third kappa shape index (κ3) is 4.77. The van der Waals surface area contributed by atoms with Gasteiger partial charge in [-0.15, -0.1) is 0 Å². The predicted octanol–water partition coefficient (Wildman–Crippen LogP) is 2.58. The van der Waals surface area contributed by atoms with Crippen molar-refractivity contribution in [1.29, 1.82) is 0 Å².